The van der Waals surface area contributed by atoms with Crippen molar-refractivity contribution in [3.05, 3.63) is 84.9 Å². The second kappa shape index (κ2) is 17.3. The molecule has 5 N–H and O–H groups in total. The molecule has 1 aliphatic rings. The lowest BCUT2D eigenvalue weighted by Gasteiger charge is -2.33. The summed E-state index contributed by atoms with van der Waals surface area (Å²) in [6, 6.07) is 20.2. The number of benzene rings is 4. The number of likely N-dealkylation sites (N-methyl/N-ethyl adjacent to an activating group) is 1. The van der Waals surface area contributed by atoms with Crippen LogP contribution in [0.3, 0.4) is 0 Å². The van der Waals surface area contributed by atoms with Crippen LogP contribution in [0.2, 0.25) is 0 Å². The van der Waals surface area contributed by atoms with Gasteiger partial charge < -0.3 is 31.3 Å². The molecule has 0 aliphatic carbocycles. The van der Waals surface area contributed by atoms with E-state index < -0.39 is 45.0 Å². The summed E-state index contributed by atoms with van der Waals surface area (Å²) in [6.45, 7) is 6.50. The van der Waals surface area contributed by atoms with Gasteiger partial charge in [0.25, 0.3) is 20.0 Å². The van der Waals surface area contributed by atoms with Gasteiger partial charge in [0.15, 0.2) is 0 Å². The predicted molar refractivity (Wildman–Crippen MR) is 207 cm³/mol. The number of anilines is 3. The molecule has 4 aromatic carbocycles. The molecule has 15 nitrogen and oxygen atoms in total. The van der Waals surface area contributed by atoms with Crippen molar-refractivity contribution in [3.63, 3.8) is 0 Å². The van der Waals surface area contributed by atoms with Crippen molar-refractivity contribution in [1.29, 1.82) is 0 Å². The van der Waals surface area contributed by atoms with Gasteiger partial charge in [-0.15, -0.1) is 0 Å². The minimum atomic E-state index is -4.46. The van der Waals surface area contributed by atoms with E-state index >= 15 is 0 Å². The monoisotopic (exact) mass is 779 g/mol. The lowest BCUT2D eigenvalue weighted by atomic mass is 10.1. The smallest absolute Gasteiger partial charge is 0.264 e. The molecule has 0 unspecified atom stereocenters. The Kier molecular flexibility index (Phi) is 12.8. The van der Waals surface area contributed by atoms with Crippen LogP contribution in [0, 0.1) is 0 Å². The van der Waals surface area contributed by atoms with Crippen LogP contribution in [-0.4, -0.2) is 104 Å². The molecular formula is C37H45N7O8S2. The number of primary amides is 2. The number of nitrogens with two attached hydrogens (primary N) is 2. The molecule has 0 spiro atoms. The number of ether oxygens (including phenoxy) is 1. The Morgan fingerprint density at radius 2 is 1.17 bits per heavy atom. The summed E-state index contributed by atoms with van der Waals surface area (Å²) in [5.41, 5.74) is 11.5. The third kappa shape index (κ3) is 9.28. The first kappa shape index (κ1) is 40.0. The van der Waals surface area contributed by atoms with Gasteiger partial charge in [0.2, 0.25) is 17.7 Å². The highest BCUT2D eigenvalue weighted by Gasteiger charge is 2.32. The molecule has 0 bridgehead atoms. The lowest BCUT2D eigenvalue weighted by Crippen LogP contribution is -2.46. The van der Waals surface area contributed by atoms with Crippen LogP contribution in [0.1, 0.15) is 19.8 Å². The van der Waals surface area contributed by atoms with Gasteiger partial charge in [-0.05, 0) is 80.2 Å². The number of amides is 3. The molecule has 54 heavy (non-hydrogen) atoms. The number of methoxy groups -OCH3 is 1. The fourth-order valence-electron chi connectivity index (χ4n) is 6.31. The quantitative estimate of drug-likeness (QED) is 0.143. The molecule has 17 heteroatoms. The average Bonchev–Trinajstić information content (AvgIpc) is 3.16. The van der Waals surface area contributed by atoms with Gasteiger partial charge in [-0.3, -0.25) is 23.0 Å². The van der Waals surface area contributed by atoms with E-state index in [1.165, 1.54) is 67.8 Å². The number of sulfonamides is 2. The number of rotatable bonds is 17. The molecule has 0 aromatic heterocycles. The first-order valence-electron chi connectivity index (χ1n) is 17.4. The lowest BCUT2D eigenvalue weighted by molar-refractivity contribution is -0.117. The molecule has 1 saturated heterocycles. The minimum absolute atomic E-state index is 0.0301. The van der Waals surface area contributed by atoms with Crippen molar-refractivity contribution in [2.24, 2.45) is 11.5 Å². The Morgan fingerprint density at radius 1 is 0.704 bits per heavy atom. The second-order valence-corrected chi connectivity index (χ2v) is 16.5. The molecule has 3 amide bonds. The molecule has 1 fully saturated rings. The van der Waals surface area contributed by atoms with Crippen molar-refractivity contribution < 1.29 is 36.0 Å². The van der Waals surface area contributed by atoms with Crippen LogP contribution in [0.5, 0.6) is 5.75 Å². The summed E-state index contributed by atoms with van der Waals surface area (Å²) < 4.78 is 63.1. The maximum atomic E-state index is 14.2. The number of nitrogens with one attached hydrogen (secondary N) is 1. The van der Waals surface area contributed by atoms with Crippen LogP contribution >= 0.6 is 0 Å². The normalized spacial score (nSPS) is 14.0. The molecule has 0 saturated carbocycles. The summed E-state index contributed by atoms with van der Waals surface area (Å²) in [5.74, 6) is -1.65. The number of nitrogens with zero attached hydrogens (tertiary/aromatic N) is 4. The van der Waals surface area contributed by atoms with Crippen LogP contribution in [-0.2, 0) is 34.4 Å². The Morgan fingerprint density at radius 3 is 1.61 bits per heavy atom. The molecular weight excluding hydrogens is 735 g/mol. The van der Waals surface area contributed by atoms with Gasteiger partial charge in [0, 0.05) is 49.1 Å². The van der Waals surface area contributed by atoms with E-state index in [2.05, 4.69) is 22.0 Å². The first-order valence-corrected chi connectivity index (χ1v) is 20.2. The highest BCUT2D eigenvalue weighted by molar-refractivity contribution is 7.93. The molecule has 288 valence electrons. The van der Waals surface area contributed by atoms with E-state index in [1.807, 2.05) is 0 Å². The van der Waals surface area contributed by atoms with Gasteiger partial charge in [0.1, 0.15) is 18.8 Å². The summed E-state index contributed by atoms with van der Waals surface area (Å²) in [5, 5.41) is 3.31. The summed E-state index contributed by atoms with van der Waals surface area (Å²) in [4.78, 5) is 41.7. The van der Waals surface area contributed by atoms with Gasteiger partial charge >= 0.3 is 0 Å². The average molecular weight is 780 g/mol. The van der Waals surface area contributed by atoms with E-state index in [0.29, 0.717) is 24.3 Å². The molecule has 4 aromatic rings. The zero-order valence-corrected chi connectivity index (χ0v) is 31.8. The van der Waals surface area contributed by atoms with E-state index in [1.54, 1.807) is 24.3 Å². The maximum absolute atomic E-state index is 14.2. The maximum Gasteiger partial charge on any atom is 0.264 e. The SMILES string of the molecule is CCN1CCN(CCCC(=O)Nc2ccc(S(=O)(=O)N(CC(N)=O)c3ccc(N(CC(N)=O)S(=O)(=O)c4ccc(OC)cc4)c4ccccc34)cc2)CC1. The highest BCUT2D eigenvalue weighted by Crippen LogP contribution is 2.38. The Balaban J connectivity index is 1.41. The van der Waals surface area contributed by atoms with Crippen LogP contribution < -0.4 is 30.1 Å². The van der Waals surface area contributed by atoms with Gasteiger partial charge in [-0.2, -0.15) is 0 Å². The summed E-state index contributed by atoms with van der Waals surface area (Å²) in [6.07, 6.45) is 0.995. The van der Waals surface area contributed by atoms with Gasteiger partial charge in [-0.25, -0.2) is 16.8 Å². The molecule has 0 atom stereocenters. The van der Waals surface area contributed by atoms with E-state index in [9.17, 15) is 31.2 Å². The Bertz CT molecular complexity index is 2190. The van der Waals surface area contributed by atoms with Gasteiger partial charge in [0.05, 0.1) is 28.3 Å². The fraction of sp³-hybridized carbons (Fsp3) is 0.324. The molecule has 0 radical (unpaired) electrons. The standard InChI is InChI=1S/C37H45N7O8S2/c1-3-41-21-23-42(24-22-41)20-6-9-37(47)40-27-10-14-29(15-11-27)53(48,49)43(25-35(38)45)33-18-19-34(32-8-5-4-7-31(32)33)44(26-36(39)46)54(50,51)30-16-12-28(52-2)13-17-30/h4-5,7-8,10-19H,3,6,9,20-26H2,1-2H3,(H2,38,45)(H2,39,46)(H,40,47). The van der Waals surface area contributed by atoms with Crippen molar-refractivity contribution in [2.45, 2.75) is 29.6 Å². The van der Waals surface area contributed by atoms with E-state index in [-0.39, 0.29) is 37.8 Å². The Hall–Kier alpha value is -5.23. The van der Waals surface area contributed by atoms with E-state index in [4.69, 9.17) is 16.2 Å². The first-order chi connectivity index (χ1) is 25.7. The highest BCUT2D eigenvalue weighted by atomic mass is 32.2. The van der Waals surface area contributed by atoms with Gasteiger partial charge in [-0.1, -0.05) is 31.2 Å². The third-order valence-electron chi connectivity index (χ3n) is 9.18. The summed E-state index contributed by atoms with van der Waals surface area (Å²) in [7, 11) is -7.40. The third-order valence-corrected chi connectivity index (χ3v) is 12.7. The largest absolute Gasteiger partial charge is 0.497 e. The topological polar surface area (TPSA) is 206 Å². The number of fused-ring (bicyclic) bond motifs is 1. The summed E-state index contributed by atoms with van der Waals surface area (Å²) >= 11 is 0. The van der Waals surface area contributed by atoms with Crippen LogP contribution in [0.25, 0.3) is 10.8 Å². The van der Waals surface area contributed by atoms with E-state index in [0.717, 1.165) is 47.9 Å². The predicted octanol–water partition coefficient (Wildman–Crippen LogP) is 2.57. The van der Waals surface area contributed by atoms with Crippen molar-refractivity contribution >= 4 is 65.6 Å². The second-order valence-electron chi connectivity index (χ2n) is 12.7. The van der Waals surface area contributed by atoms with Crippen molar-refractivity contribution in [3.8, 4) is 5.75 Å². The number of hydrogen-bond acceptors (Lipinski definition) is 10. The van der Waals surface area contributed by atoms with Crippen LogP contribution in [0.4, 0.5) is 17.1 Å². The molecule has 1 heterocycles. The van der Waals surface area contributed by atoms with Crippen molar-refractivity contribution in [2.75, 3.05) is 73.4 Å². The molecule has 5 rings (SSSR count). The number of carbonyl (C=O) groups excluding carboxylic acids is 3. The minimum Gasteiger partial charge on any atom is -0.497 e. The fourth-order valence-corrected chi connectivity index (χ4v) is 9.21. The Labute approximate surface area is 315 Å². The molecule has 1 aliphatic heterocycles. The number of carbonyl (C=O) groups is 3. The van der Waals surface area contributed by atoms with Crippen LogP contribution in [0.15, 0.2) is 94.7 Å². The number of hydrogen-bond donors (Lipinski definition) is 3. The zero-order chi connectivity index (χ0) is 39.0. The zero-order valence-electron chi connectivity index (χ0n) is 30.2. The number of piperazine rings is 1. The van der Waals surface area contributed by atoms with Crippen molar-refractivity contribution in [1.82, 2.24) is 9.80 Å².